The molecule has 110 valence electrons. The molecule has 0 bridgehead atoms. The smallest absolute Gasteiger partial charge is 0.216 e. The Hall–Kier alpha value is -2.05. The number of aryl methyl sites for hydroxylation is 1. The first-order valence-corrected chi connectivity index (χ1v) is 7.88. The zero-order chi connectivity index (χ0) is 15.5. The Balaban J connectivity index is 2.02. The molecule has 0 aliphatic carbocycles. The molecule has 4 nitrogen and oxygen atoms in total. The van der Waals surface area contributed by atoms with E-state index in [2.05, 4.69) is 31.2 Å². The van der Waals surface area contributed by atoms with E-state index in [9.17, 15) is 0 Å². The number of halogens is 1. The van der Waals surface area contributed by atoms with Crippen molar-refractivity contribution >= 4 is 34.4 Å². The minimum Gasteiger partial charge on any atom is -0.250 e. The zero-order valence-electron chi connectivity index (χ0n) is 11.8. The monoisotopic (exact) mass is 372 g/mol. The molecule has 2 aromatic carbocycles. The number of hydrogen-bond acceptors (Lipinski definition) is 3. The molecular formula is C16H13BrN4S. The first-order valence-electron chi connectivity index (χ1n) is 6.68. The molecule has 0 fully saturated rings. The lowest BCUT2D eigenvalue weighted by molar-refractivity contribution is 0.871. The van der Waals surface area contributed by atoms with Gasteiger partial charge in [-0.1, -0.05) is 52.3 Å². The van der Waals surface area contributed by atoms with Crippen molar-refractivity contribution in [2.24, 2.45) is 5.10 Å². The van der Waals surface area contributed by atoms with Gasteiger partial charge in [-0.25, -0.2) is 5.10 Å². The number of H-pyrrole nitrogens is 1. The number of aromatic amines is 1. The normalized spacial score (nSPS) is 11.2. The van der Waals surface area contributed by atoms with Gasteiger partial charge in [-0.2, -0.15) is 14.9 Å². The average Bonchev–Trinajstić information content (AvgIpc) is 2.88. The summed E-state index contributed by atoms with van der Waals surface area (Å²) in [4.78, 5) is 0. The van der Waals surface area contributed by atoms with Gasteiger partial charge in [0, 0.05) is 10.0 Å². The molecule has 0 unspecified atom stereocenters. The van der Waals surface area contributed by atoms with E-state index in [1.807, 2.05) is 55.5 Å². The second-order valence-electron chi connectivity index (χ2n) is 4.78. The Morgan fingerprint density at radius 2 is 1.91 bits per heavy atom. The van der Waals surface area contributed by atoms with Gasteiger partial charge in [-0.15, -0.1) is 0 Å². The molecule has 0 aliphatic heterocycles. The number of aromatic nitrogens is 3. The third kappa shape index (κ3) is 3.08. The summed E-state index contributed by atoms with van der Waals surface area (Å²) < 4.78 is 3.14. The number of nitrogens with one attached hydrogen (secondary N) is 1. The average molecular weight is 373 g/mol. The van der Waals surface area contributed by atoms with Crippen molar-refractivity contribution in [1.29, 1.82) is 0 Å². The highest BCUT2D eigenvalue weighted by Gasteiger charge is 2.09. The van der Waals surface area contributed by atoms with Crippen LogP contribution in [0.2, 0.25) is 0 Å². The van der Waals surface area contributed by atoms with Crippen molar-refractivity contribution in [1.82, 2.24) is 14.9 Å². The Bertz CT molecular complexity index is 878. The van der Waals surface area contributed by atoms with Gasteiger partial charge in [0.2, 0.25) is 4.77 Å². The maximum atomic E-state index is 5.28. The molecule has 1 N–H and O–H groups in total. The van der Waals surface area contributed by atoms with E-state index >= 15 is 0 Å². The van der Waals surface area contributed by atoms with E-state index in [4.69, 9.17) is 12.2 Å². The number of nitrogens with zero attached hydrogens (tertiary/aromatic N) is 3. The Labute approximate surface area is 141 Å². The molecule has 0 amide bonds. The SMILES string of the molecule is Cc1ccccc1-c1n[nH]c(=S)n1N=Cc1ccc(Br)cc1. The van der Waals surface area contributed by atoms with Crippen molar-refractivity contribution in [3.8, 4) is 11.4 Å². The van der Waals surface area contributed by atoms with Crippen molar-refractivity contribution in [2.45, 2.75) is 6.92 Å². The summed E-state index contributed by atoms with van der Waals surface area (Å²) in [7, 11) is 0. The lowest BCUT2D eigenvalue weighted by atomic mass is 10.1. The van der Waals surface area contributed by atoms with Gasteiger partial charge in [0.15, 0.2) is 5.82 Å². The van der Waals surface area contributed by atoms with Crippen LogP contribution in [0.15, 0.2) is 58.1 Å². The second-order valence-corrected chi connectivity index (χ2v) is 6.08. The largest absolute Gasteiger partial charge is 0.250 e. The van der Waals surface area contributed by atoms with E-state index in [1.54, 1.807) is 10.9 Å². The first-order chi connectivity index (χ1) is 10.6. The lowest BCUT2D eigenvalue weighted by Crippen LogP contribution is -1.96. The van der Waals surface area contributed by atoms with Crippen LogP contribution in [-0.4, -0.2) is 21.1 Å². The molecule has 0 atom stereocenters. The van der Waals surface area contributed by atoms with Crippen LogP contribution < -0.4 is 0 Å². The minimum atomic E-state index is 0.464. The van der Waals surface area contributed by atoms with Gasteiger partial charge in [0.1, 0.15) is 0 Å². The zero-order valence-corrected chi connectivity index (χ0v) is 14.2. The predicted molar refractivity (Wildman–Crippen MR) is 94.7 cm³/mol. The van der Waals surface area contributed by atoms with Crippen LogP contribution in [0.3, 0.4) is 0 Å². The lowest BCUT2D eigenvalue weighted by Gasteiger charge is -2.04. The summed E-state index contributed by atoms with van der Waals surface area (Å²) >= 11 is 8.69. The van der Waals surface area contributed by atoms with Gasteiger partial charge >= 0.3 is 0 Å². The quantitative estimate of drug-likeness (QED) is 0.540. The summed E-state index contributed by atoms with van der Waals surface area (Å²) in [6, 6.07) is 15.9. The molecule has 6 heteroatoms. The van der Waals surface area contributed by atoms with E-state index in [-0.39, 0.29) is 0 Å². The number of rotatable bonds is 3. The van der Waals surface area contributed by atoms with Crippen LogP contribution >= 0.6 is 28.1 Å². The third-order valence-electron chi connectivity index (χ3n) is 3.23. The molecule has 1 heterocycles. The van der Waals surface area contributed by atoms with E-state index in [1.165, 1.54) is 0 Å². The molecule has 3 aromatic rings. The fourth-order valence-corrected chi connectivity index (χ4v) is 2.51. The molecule has 22 heavy (non-hydrogen) atoms. The van der Waals surface area contributed by atoms with Crippen molar-refractivity contribution < 1.29 is 0 Å². The molecular weight excluding hydrogens is 360 g/mol. The van der Waals surface area contributed by atoms with Crippen LogP contribution in [0.4, 0.5) is 0 Å². The van der Waals surface area contributed by atoms with Gasteiger partial charge in [-0.3, -0.25) is 0 Å². The molecule has 1 aromatic heterocycles. The van der Waals surface area contributed by atoms with Crippen LogP contribution in [0.5, 0.6) is 0 Å². The summed E-state index contributed by atoms with van der Waals surface area (Å²) in [5, 5.41) is 11.6. The van der Waals surface area contributed by atoms with Crippen molar-refractivity contribution in [3.63, 3.8) is 0 Å². The molecule has 0 spiro atoms. The predicted octanol–water partition coefficient (Wildman–Crippen LogP) is 4.56. The maximum Gasteiger partial charge on any atom is 0.216 e. The van der Waals surface area contributed by atoms with Crippen LogP contribution in [0.1, 0.15) is 11.1 Å². The number of benzene rings is 2. The van der Waals surface area contributed by atoms with Gasteiger partial charge in [0.05, 0.1) is 6.21 Å². The summed E-state index contributed by atoms with van der Waals surface area (Å²) in [5.41, 5.74) is 3.11. The van der Waals surface area contributed by atoms with Gasteiger partial charge in [0.25, 0.3) is 0 Å². The topological polar surface area (TPSA) is 46.0 Å². The Morgan fingerprint density at radius 1 is 1.18 bits per heavy atom. The number of hydrogen-bond donors (Lipinski definition) is 1. The Morgan fingerprint density at radius 3 is 2.64 bits per heavy atom. The van der Waals surface area contributed by atoms with Gasteiger partial charge in [-0.05, 0) is 42.4 Å². The van der Waals surface area contributed by atoms with E-state index in [0.29, 0.717) is 10.6 Å². The highest BCUT2D eigenvalue weighted by Crippen LogP contribution is 2.21. The van der Waals surface area contributed by atoms with Gasteiger partial charge < -0.3 is 0 Å². The first kappa shape index (κ1) is 14.9. The summed E-state index contributed by atoms with van der Waals surface area (Å²) in [5.74, 6) is 0.705. The minimum absolute atomic E-state index is 0.464. The fourth-order valence-electron chi connectivity index (χ4n) is 2.07. The van der Waals surface area contributed by atoms with E-state index < -0.39 is 0 Å². The van der Waals surface area contributed by atoms with Crippen LogP contribution in [-0.2, 0) is 0 Å². The van der Waals surface area contributed by atoms with Crippen molar-refractivity contribution in [3.05, 3.63) is 68.9 Å². The third-order valence-corrected chi connectivity index (χ3v) is 4.02. The summed E-state index contributed by atoms with van der Waals surface area (Å²) in [6.45, 7) is 2.04. The highest BCUT2D eigenvalue weighted by atomic mass is 79.9. The van der Waals surface area contributed by atoms with Crippen LogP contribution in [0.25, 0.3) is 11.4 Å². The fraction of sp³-hybridized carbons (Fsp3) is 0.0625. The standard InChI is InChI=1S/C16H13BrN4S/c1-11-4-2-3-5-14(11)15-19-20-16(22)21(15)18-10-12-6-8-13(17)9-7-12/h2-10H,1H3,(H,20,22). The van der Waals surface area contributed by atoms with Crippen molar-refractivity contribution in [2.75, 3.05) is 0 Å². The maximum absolute atomic E-state index is 5.28. The molecule has 0 aliphatic rings. The highest BCUT2D eigenvalue weighted by molar-refractivity contribution is 9.10. The Kier molecular flexibility index (Phi) is 4.31. The second kappa shape index (κ2) is 6.37. The van der Waals surface area contributed by atoms with E-state index in [0.717, 1.165) is 21.2 Å². The molecule has 0 saturated heterocycles. The molecule has 0 saturated carbocycles. The summed E-state index contributed by atoms with van der Waals surface area (Å²) in [6.07, 6.45) is 1.76. The molecule has 0 radical (unpaired) electrons. The molecule has 3 rings (SSSR count). The van der Waals surface area contributed by atoms with Crippen LogP contribution in [0, 0.1) is 11.7 Å².